The molecule has 0 radical (unpaired) electrons. The molecule has 124 valence electrons. The van der Waals surface area contributed by atoms with E-state index in [2.05, 4.69) is 15.4 Å². The summed E-state index contributed by atoms with van der Waals surface area (Å²) in [6.45, 7) is 5.46. The van der Waals surface area contributed by atoms with Gasteiger partial charge in [-0.25, -0.2) is 0 Å². The van der Waals surface area contributed by atoms with Crippen molar-refractivity contribution >= 4 is 28.0 Å². The molecule has 1 N–H and O–H groups in total. The zero-order valence-corrected chi connectivity index (χ0v) is 14.3. The predicted molar refractivity (Wildman–Crippen MR) is 92.0 cm³/mol. The number of nitrogens with zero attached hydrogens (tertiary/aromatic N) is 3. The molecule has 0 unspecified atom stereocenters. The molecule has 3 rings (SSSR count). The van der Waals surface area contributed by atoms with E-state index >= 15 is 0 Å². The number of aromatic nitrogens is 3. The second-order valence-corrected chi connectivity index (χ2v) is 6.30. The van der Waals surface area contributed by atoms with Gasteiger partial charge in [-0.3, -0.25) is 9.59 Å². The van der Waals surface area contributed by atoms with Crippen LogP contribution in [0, 0.1) is 6.92 Å². The largest absolute Gasteiger partial charge is 0.491 e. The standard InChI is InChI=1S/C16H16N4O3S/c1-9(2)23-12-6-4-11(5-7-12)15(22)17-13-8-24-16-18-14(21)10(3)19-20(13)16/h4-9H,1-3H3,(H,17,22). The van der Waals surface area contributed by atoms with Crippen molar-refractivity contribution in [3.05, 3.63) is 51.3 Å². The number of thiazole rings is 1. The number of carbonyl (C=O) groups is 1. The number of hydrogen-bond donors (Lipinski definition) is 1. The summed E-state index contributed by atoms with van der Waals surface area (Å²) in [4.78, 5) is 28.2. The minimum atomic E-state index is -0.365. The molecule has 24 heavy (non-hydrogen) atoms. The number of fused-ring (bicyclic) bond motifs is 1. The van der Waals surface area contributed by atoms with Crippen LogP contribution in [-0.2, 0) is 0 Å². The number of amides is 1. The van der Waals surface area contributed by atoms with E-state index in [9.17, 15) is 9.59 Å². The van der Waals surface area contributed by atoms with Crippen molar-refractivity contribution in [2.75, 3.05) is 5.32 Å². The normalized spacial score (nSPS) is 11.0. The average Bonchev–Trinajstić information content (AvgIpc) is 2.90. The van der Waals surface area contributed by atoms with Gasteiger partial charge in [-0.05, 0) is 45.0 Å². The van der Waals surface area contributed by atoms with E-state index in [-0.39, 0.29) is 23.3 Å². The van der Waals surface area contributed by atoms with E-state index in [0.717, 1.165) is 0 Å². The topological polar surface area (TPSA) is 85.6 Å². The van der Waals surface area contributed by atoms with Crippen LogP contribution in [0.3, 0.4) is 0 Å². The Morgan fingerprint density at radius 1 is 1.29 bits per heavy atom. The Morgan fingerprint density at radius 2 is 2.00 bits per heavy atom. The Kier molecular flexibility index (Phi) is 4.30. The lowest BCUT2D eigenvalue weighted by Crippen LogP contribution is -2.18. The summed E-state index contributed by atoms with van der Waals surface area (Å²) < 4.78 is 7.01. The van der Waals surface area contributed by atoms with Crippen LogP contribution in [0.25, 0.3) is 4.96 Å². The van der Waals surface area contributed by atoms with Crippen LogP contribution in [0.1, 0.15) is 29.9 Å². The van der Waals surface area contributed by atoms with Crippen LogP contribution in [-0.4, -0.2) is 26.6 Å². The highest BCUT2D eigenvalue weighted by molar-refractivity contribution is 7.15. The van der Waals surface area contributed by atoms with Crippen molar-refractivity contribution in [1.82, 2.24) is 14.6 Å². The SMILES string of the molecule is Cc1nn2c(NC(=O)c3ccc(OC(C)C)cc3)csc2nc1=O. The van der Waals surface area contributed by atoms with Crippen molar-refractivity contribution in [3.8, 4) is 5.75 Å². The molecule has 0 spiro atoms. The molecular weight excluding hydrogens is 328 g/mol. The summed E-state index contributed by atoms with van der Waals surface area (Å²) in [5.74, 6) is 0.906. The first-order valence-electron chi connectivity index (χ1n) is 7.37. The maximum absolute atomic E-state index is 12.4. The number of aryl methyl sites for hydroxylation is 1. The molecule has 0 atom stereocenters. The molecule has 0 saturated carbocycles. The van der Waals surface area contributed by atoms with Crippen molar-refractivity contribution < 1.29 is 9.53 Å². The fraction of sp³-hybridized carbons (Fsp3) is 0.250. The molecule has 0 saturated heterocycles. The molecule has 1 aromatic carbocycles. The lowest BCUT2D eigenvalue weighted by atomic mass is 10.2. The molecule has 0 bridgehead atoms. The molecule has 7 nitrogen and oxygen atoms in total. The van der Waals surface area contributed by atoms with Gasteiger partial charge in [0.25, 0.3) is 11.5 Å². The summed E-state index contributed by atoms with van der Waals surface area (Å²) in [5.41, 5.74) is 0.406. The van der Waals surface area contributed by atoms with Crippen LogP contribution in [0.4, 0.5) is 5.82 Å². The maximum Gasteiger partial charge on any atom is 0.295 e. The smallest absolute Gasteiger partial charge is 0.295 e. The number of benzene rings is 1. The fourth-order valence-electron chi connectivity index (χ4n) is 2.07. The van der Waals surface area contributed by atoms with Crippen molar-refractivity contribution in [1.29, 1.82) is 0 Å². The third-order valence-corrected chi connectivity index (χ3v) is 3.99. The molecule has 0 aliphatic carbocycles. The zero-order chi connectivity index (χ0) is 17.3. The highest BCUT2D eigenvalue weighted by Gasteiger charge is 2.12. The monoisotopic (exact) mass is 344 g/mol. The molecule has 0 fully saturated rings. The number of anilines is 1. The Morgan fingerprint density at radius 3 is 2.67 bits per heavy atom. The summed E-state index contributed by atoms with van der Waals surface area (Å²) in [7, 11) is 0. The van der Waals surface area contributed by atoms with Crippen molar-refractivity contribution in [3.63, 3.8) is 0 Å². The van der Waals surface area contributed by atoms with Crippen LogP contribution >= 0.6 is 11.3 Å². The highest BCUT2D eigenvalue weighted by atomic mass is 32.1. The van der Waals surface area contributed by atoms with Crippen LogP contribution in [0.15, 0.2) is 34.4 Å². The Bertz CT molecular complexity index is 944. The van der Waals surface area contributed by atoms with Gasteiger partial charge in [-0.2, -0.15) is 14.6 Å². The predicted octanol–water partition coefficient (Wildman–Crippen LogP) is 2.50. The lowest BCUT2D eigenvalue weighted by molar-refractivity contribution is 0.102. The first-order chi connectivity index (χ1) is 11.4. The van der Waals surface area contributed by atoms with Gasteiger partial charge in [-0.1, -0.05) is 0 Å². The minimum Gasteiger partial charge on any atom is -0.491 e. The third kappa shape index (κ3) is 3.28. The van der Waals surface area contributed by atoms with Crippen molar-refractivity contribution in [2.45, 2.75) is 26.9 Å². The molecule has 0 aliphatic heterocycles. The summed E-state index contributed by atoms with van der Waals surface area (Å²) in [6.07, 6.45) is 0.0750. The lowest BCUT2D eigenvalue weighted by Gasteiger charge is -2.10. The van der Waals surface area contributed by atoms with E-state index in [4.69, 9.17) is 4.74 Å². The number of carbonyl (C=O) groups excluding carboxylic acids is 1. The summed E-state index contributed by atoms with van der Waals surface area (Å²) in [5, 5.41) is 8.62. The van der Waals surface area contributed by atoms with Gasteiger partial charge < -0.3 is 10.1 Å². The number of rotatable bonds is 4. The quantitative estimate of drug-likeness (QED) is 0.786. The Hall–Kier alpha value is -2.74. The van der Waals surface area contributed by atoms with Crippen molar-refractivity contribution in [2.24, 2.45) is 0 Å². The van der Waals surface area contributed by atoms with E-state index in [1.54, 1.807) is 36.6 Å². The van der Waals surface area contributed by atoms with Crippen LogP contribution in [0.5, 0.6) is 5.75 Å². The molecule has 2 heterocycles. The molecular formula is C16H16N4O3S. The second kappa shape index (κ2) is 6.40. The Labute approximate surface area is 141 Å². The second-order valence-electron chi connectivity index (χ2n) is 5.46. The number of hydrogen-bond acceptors (Lipinski definition) is 6. The van der Waals surface area contributed by atoms with Crippen LogP contribution in [0.2, 0.25) is 0 Å². The Balaban J connectivity index is 1.82. The van der Waals surface area contributed by atoms with Gasteiger partial charge in [0.1, 0.15) is 17.3 Å². The first kappa shape index (κ1) is 16.1. The molecule has 0 aliphatic rings. The van der Waals surface area contributed by atoms with E-state index in [1.165, 1.54) is 15.9 Å². The molecule has 2 aromatic heterocycles. The zero-order valence-electron chi connectivity index (χ0n) is 13.4. The van der Waals surface area contributed by atoms with E-state index in [1.807, 2.05) is 13.8 Å². The fourth-order valence-corrected chi connectivity index (χ4v) is 2.82. The summed E-state index contributed by atoms with van der Waals surface area (Å²) in [6, 6.07) is 6.89. The summed E-state index contributed by atoms with van der Waals surface area (Å²) >= 11 is 1.24. The van der Waals surface area contributed by atoms with E-state index in [0.29, 0.717) is 22.1 Å². The highest BCUT2D eigenvalue weighted by Crippen LogP contribution is 2.19. The molecule has 8 heteroatoms. The number of nitrogens with one attached hydrogen (secondary N) is 1. The maximum atomic E-state index is 12.4. The van der Waals surface area contributed by atoms with E-state index < -0.39 is 0 Å². The van der Waals surface area contributed by atoms with Gasteiger partial charge in [0, 0.05) is 10.9 Å². The first-order valence-corrected chi connectivity index (χ1v) is 8.25. The minimum absolute atomic E-state index is 0.0750. The van der Waals surface area contributed by atoms with Gasteiger partial charge in [-0.15, -0.1) is 11.3 Å². The van der Waals surface area contributed by atoms with Gasteiger partial charge in [0.05, 0.1) is 6.10 Å². The van der Waals surface area contributed by atoms with Gasteiger partial charge in [0.15, 0.2) is 0 Å². The number of ether oxygens (including phenoxy) is 1. The average molecular weight is 344 g/mol. The third-order valence-electron chi connectivity index (χ3n) is 3.17. The van der Waals surface area contributed by atoms with Gasteiger partial charge >= 0.3 is 0 Å². The van der Waals surface area contributed by atoms with Gasteiger partial charge in [0.2, 0.25) is 4.96 Å². The van der Waals surface area contributed by atoms with Crippen LogP contribution < -0.4 is 15.6 Å². The molecule has 1 amide bonds. The molecule has 3 aromatic rings.